The van der Waals surface area contributed by atoms with Gasteiger partial charge in [-0.3, -0.25) is 0 Å². The van der Waals surface area contributed by atoms with Crippen molar-refractivity contribution in [1.29, 1.82) is 0 Å². The summed E-state index contributed by atoms with van der Waals surface area (Å²) in [4.78, 5) is 2.68. The van der Waals surface area contributed by atoms with E-state index in [0.29, 0.717) is 0 Å². The Labute approximate surface area is 98.2 Å². The minimum absolute atomic E-state index is 0.807. The van der Waals surface area contributed by atoms with Crippen LogP contribution in [0.4, 0.5) is 0 Å². The number of hydrogen-bond acceptors (Lipinski definition) is 3. The Balaban J connectivity index is 1.71. The predicted molar refractivity (Wildman–Crippen MR) is 68.6 cm³/mol. The Kier molecular flexibility index (Phi) is 4.79. The molecule has 88 valence electrons. The van der Waals surface area contributed by atoms with Crippen LogP contribution in [0.15, 0.2) is 0 Å². The fraction of sp³-hybridized carbons (Fsp3) is 1.00. The highest BCUT2D eigenvalue weighted by Crippen LogP contribution is 2.33. The zero-order valence-corrected chi connectivity index (χ0v) is 10.7. The van der Waals surface area contributed by atoms with E-state index in [0.717, 1.165) is 12.0 Å². The summed E-state index contributed by atoms with van der Waals surface area (Å²) in [5, 5.41) is 3.72. The third-order valence-corrected chi connectivity index (χ3v) is 4.22. The average molecular weight is 228 g/mol. The largest absolute Gasteiger partial charge is 0.312 e. The van der Waals surface area contributed by atoms with Gasteiger partial charge in [0.25, 0.3) is 0 Å². The van der Waals surface area contributed by atoms with E-state index in [9.17, 15) is 0 Å². The molecule has 0 aromatic carbocycles. The predicted octanol–water partition coefficient (Wildman–Crippen LogP) is 1.81. The summed E-state index contributed by atoms with van der Waals surface area (Å²) in [7, 11) is 0. The van der Waals surface area contributed by atoms with Crippen LogP contribution >= 0.6 is 11.8 Å². The first kappa shape index (κ1) is 11.7. The topological polar surface area (TPSA) is 15.3 Å². The van der Waals surface area contributed by atoms with Gasteiger partial charge in [0.05, 0.1) is 0 Å². The molecule has 1 aliphatic carbocycles. The van der Waals surface area contributed by atoms with Crippen LogP contribution in [0.1, 0.15) is 25.7 Å². The first-order valence-corrected chi connectivity index (χ1v) is 7.74. The molecule has 3 heteroatoms. The second-order valence-corrected chi connectivity index (χ2v) is 5.88. The molecule has 1 N–H and O–H groups in total. The summed E-state index contributed by atoms with van der Waals surface area (Å²) in [6, 6.07) is 0.807. The lowest BCUT2D eigenvalue weighted by Crippen LogP contribution is -2.39. The second-order valence-electron chi connectivity index (χ2n) is 4.90. The van der Waals surface area contributed by atoms with Crippen molar-refractivity contribution >= 4 is 11.8 Å². The van der Waals surface area contributed by atoms with Gasteiger partial charge in [0, 0.05) is 12.6 Å². The van der Waals surface area contributed by atoms with Gasteiger partial charge in [0.2, 0.25) is 0 Å². The smallest absolute Gasteiger partial charge is 0.0223 e. The van der Waals surface area contributed by atoms with Crippen molar-refractivity contribution in [3.8, 4) is 0 Å². The maximum Gasteiger partial charge on any atom is 0.0223 e. The molecule has 1 saturated carbocycles. The molecule has 1 heterocycles. The van der Waals surface area contributed by atoms with Crippen molar-refractivity contribution in [3.63, 3.8) is 0 Å². The van der Waals surface area contributed by atoms with Gasteiger partial charge in [0.1, 0.15) is 0 Å². The average Bonchev–Trinajstić information content (AvgIpc) is 3.05. The molecule has 2 fully saturated rings. The van der Waals surface area contributed by atoms with E-state index < -0.39 is 0 Å². The van der Waals surface area contributed by atoms with Crippen LogP contribution in [0.5, 0.6) is 0 Å². The highest BCUT2D eigenvalue weighted by molar-refractivity contribution is 7.98. The Morgan fingerprint density at radius 2 is 2.27 bits per heavy atom. The maximum atomic E-state index is 3.72. The molecule has 0 aromatic rings. The Morgan fingerprint density at radius 1 is 1.40 bits per heavy atom. The van der Waals surface area contributed by atoms with Gasteiger partial charge in [0.15, 0.2) is 0 Å². The molecule has 1 saturated heterocycles. The van der Waals surface area contributed by atoms with Gasteiger partial charge in [-0.1, -0.05) is 0 Å². The number of nitrogens with zero attached hydrogens (tertiary/aromatic N) is 1. The van der Waals surface area contributed by atoms with Crippen molar-refractivity contribution < 1.29 is 0 Å². The van der Waals surface area contributed by atoms with Crippen LogP contribution in [-0.4, -0.2) is 49.1 Å². The normalized spacial score (nSPS) is 29.0. The lowest BCUT2D eigenvalue weighted by molar-refractivity contribution is 0.260. The Morgan fingerprint density at radius 3 is 3.00 bits per heavy atom. The summed E-state index contributed by atoms with van der Waals surface area (Å²) in [6.07, 6.45) is 7.84. The molecule has 1 aliphatic heterocycles. The minimum atomic E-state index is 0.807. The zero-order chi connectivity index (χ0) is 10.5. The third-order valence-electron chi connectivity index (χ3n) is 3.53. The highest BCUT2D eigenvalue weighted by atomic mass is 32.2. The minimum Gasteiger partial charge on any atom is -0.312 e. The van der Waals surface area contributed by atoms with E-state index in [1.807, 2.05) is 11.8 Å². The molecular formula is C12H24N2S. The highest BCUT2D eigenvalue weighted by Gasteiger charge is 2.32. The molecule has 1 atom stereocenters. The number of hydrogen-bond donors (Lipinski definition) is 1. The molecule has 1 unspecified atom stereocenters. The van der Waals surface area contributed by atoms with Crippen molar-refractivity contribution in [3.05, 3.63) is 0 Å². The van der Waals surface area contributed by atoms with Gasteiger partial charge in [-0.25, -0.2) is 0 Å². The molecule has 0 radical (unpaired) electrons. The summed E-state index contributed by atoms with van der Waals surface area (Å²) in [5.74, 6) is 2.32. The fourth-order valence-electron chi connectivity index (χ4n) is 2.47. The van der Waals surface area contributed by atoms with E-state index in [-0.39, 0.29) is 0 Å². The molecular weight excluding hydrogens is 204 g/mol. The molecule has 2 nitrogen and oxygen atoms in total. The standard InChI is InChI=1S/C12H24N2S/c1-15-9-3-8-14-7-2-6-13-12(10-14)11-4-5-11/h11-13H,2-10H2,1H3. The summed E-state index contributed by atoms with van der Waals surface area (Å²) in [5.41, 5.74) is 0. The van der Waals surface area contributed by atoms with Crippen molar-refractivity contribution in [2.75, 3.05) is 38.2 Å². The first-order valence-electron chi connectivity index (χ1n) is 6.35. The first-order chi connectivity index (χ1) is 7.40. The molecule has 2 rings (SSSR count). The summed E-state index contributed by atoms with van der Waals surface area (Å²) in [6.45, 7) is 5.16. The van der Waals surface area contributed by atoms with Crippen LogP contribution in [0, 0.1) is 5.92 Å². The lowest BCUT2D eigenvalue weighted by Gasteiger charge is -2.24. The SMILES string of the molecule is CSCCCN1CCCNC(C2CC2)C1. The molecule has 0 amide bonds. The molecule has 0 bridgehead atoms. The second kappa shape index (κ2) is 6.12. The number of rotatable bonds is 5. The quantitative estimate of drug-likeness (QED) is 0.723. The van der Waals surface area contributed by atoms with Crippen LogP contribution in [0.3, 0.4) is 0 Å². The molecule has 2 aliphatic rings. The van der Waals surface area contributed by atoms with Crippen LogP contribution in [-0.2, 0) is 0 Å². The van der Waals surface area contributed by atoms with Crippen LogP contribution in [0.2, 0.25) is 0 Å². The number of nitrogens with one attached hydrogen (secondary N) is 1. The van der Waals surface area contributed by atoms with Gasteiger partial charge in [-0.15, -0.1) is 0 Å². The van der Waals surface area contributed by atoms with Gasteiger partial charge < -0.3 is 10.2 Å². The fourth-order valence-corrected chi connectivity index (χ4v) is 2.89. The van der Waals surface area contributed by atoms with Gasteiger partial charge >= 0.3 is 0 Å². The van der Waals surface area contributed by atoms with E-state index in [1.54, 1.807) is 0 Å². The van der Waals surface area contributed by atoms with Crippen molar-refractivity contribution in [1.82, 2.24) is 10.2 Å². The Bertz CT molecular complexity index is 182. The van der Waals surface area contributed by atoms with Crippen LogP contribution < -0.4 is 5.32 Å². The maximum absolute atomic E-state index is 3.72. The van der Waals surface area contributed by atoms with E-state index in [1.165, 1.54) is 57.6 Å². The van der Waals surface area contributed by atoms with Crippen molar-refractivity contribution in [2.24, 2.45) is 5.92 Å². The molecule has 15 heavy (non-hydrogen) atoms. The van der Waals surface area contributed by atoms with Crippen LogP contribution in [0.25, 0.3) is 0 Å². The van der Waals surface area contributed by atoms with Crippen molar-refractivity contribution in [2.45, 2.75) is 31.7 Å². The summed E-state index contributed by atoms with van der Waals surface area (Å²) >= 11 is 1.97. The number of thioether (sulfide) groups is 1. The van der Waals surface area contributed by atoms with E-state index in [4.69, 9.17) is 0 Å². The van der Waals surface area contributed by atoms with Gasteiger partial charge in [-0.2, -0.15) is 11.8 Å². The van der Waals surface area contributed by atoms with E-state index in [2.05, 4.69) is 16.5 Å². The monoisotopic (exact) mass is 228 g/mol. The van der Waals surface area contributed by atoms with E-state index >= 15 is 0 Å². The molecule has 0 aromatic heterocycles. The Hall–Kier alpha value is 0.270. The van der Waals surface area contributed by atoms with Gasteiger partial charge in [-0.05, 0) is 63.2 Å². The summed E-state index contributed by atoms with van der Waals surface area (Å²) < 4.78 is 0. The third kappa shape index (κ3) is 3.97. The zero-order valence-electron chi connectivity index (χ0n) is 9.87. The lowest BCUT2D eigenvalue weighted by atomic mass is 10.2. The molecule has 0 spiro atoms.